The van der Waals surface area contributed by atoms with Gasteiger partial charge in [-0.05, 0) is 18.6 Å². The summed E-state index contributed by atoms with van der Waals surface area (Å²) in [6, 6.07) is 7.78. The molecule has 0 saturated carbocycles. The Bertz CT molecular complexity index is 705. The summed E-state index contributed by atoms with van der Waals surface area (Å²) in [4.78, 5) is 4.58. The smallest absolute Gasteiger partial charge is 0.111 e. The number of hydrogen-bond acceptors (Lipinski definition) is 3. The van der Waals surface area contributed by atoms with E-state index in [0.29, 0.717) is 17.9 Å². The van der Waals surface area contributed by atoms with Crippen LogP contribution in [0.5, 0.6) is 0 Å². The Labute approximate surface area is 132 Å². The Balaban J connectivity index is 2.42. The minimum atomic E-state index is -0.834. The lowest BCUT2D eigenvalue weighted by molar-refractivity contribution is 0.611. The van der Waals surface area contributed by atoms with Crippen molar-refractivity contribution in [2.24, 2.45) is 0 Å². The van der Waals surface area contributed by atoms with E-state index in [4.69, 9.17) is 11.6 Å². The maximum absolute atomic E-state index is 11.5. The van der Waals surface area contributed by atoms with Gasteiger partial charge in [0.2, 0.25) is 0 Å². The molecule has 1 heterocycles. The van der Waals surface area contributed by atoms with E-state index >= 15 is 0 Å². The molecule has 6 heteroatoms. The average Bonchev–Trinajstić information content (AvgIpc) is 2.82. The van der Waals surface area contributed by atoms with Crippen LogP contribution in [0.4, 0.5) is 0 Å². The highest BCUT2D eigenvalue weighted by Gasteiger charge is 2.14. The van der Waals surface area contributed by atoms with Crippen LogP contribution in [0.15, 0.2) is 18.2 Å². The number of rotatable bonds is 6. The number of fused-ring (bicyclic) bond motifs is 1. The molecule has 0 radical (unpaired) electrons. The topological polar surface area (TPSA) is 58.7 Å². The fourth-order valence-corrected chi connectivity index (χ4v) is 2.89. The van der Waals surface area contributed by atoms with Crippen LogP contribution in [0.25, 0.3) is 11.0 Å². The number of alkyl halides is 1. The molecule has 0 aliphatic rings. The fraction of sp³-hybridized carbons (Fsp3) is 0.467. The summed E-state index contributed by atoms with van der Waals surface area (Å²) in [5.41, 5.74) is 2.25. The van der Waals surface area contributed by atoms with Gasteiger partial charge in [-0.3, -0.25) is 4.21 Å². The molecule has 4 nitrogen and oxygen atoms in total. The monoisotopic (exact) mass is 323 g/mol. The molecule has 0 N–H and O–H groups in total. The second kappa shape index (κ2) is 7.06. The zero-order valence-electron chi connectivity index (χ0n) is 12.2. The van der Waals surface area contributed by atoms with Crippen LogP contribution in [-0.4, -0.2) is 31.1 Å². The Kier molecular flexibility index (Phi) is 5.38. The number of nitriles is 1. The molecule has 0 aliphatic heterocycles. The molecule has 0 aliphatic carbocycles. The summed E-state index contributed by atoms with van der Waals surface area (Å²) >= 11 is 5.86. The predicted octanol–water partition coefficient (Wildman–Crippen LogP) is 2.85. The zero-order valence-corrected chi connectivity index (χ0v) is 13.7. The molecular weight excluding hydrogens is 306 g/mol. The van der Waals surface area contributed by atoms with Crippen LogP contribution >= 0.6 is 11.6 Å². The van der Waals surface area contributed by atoms with Gasteiger partial charge < -0.3 is 4.57 Å². The first-order chi connectivity index (χ1) is 10.1. The highest BCUT2D eigenvalue weighted by Crippen LogP contribution is 2.21. The Morgan fingerprint density at radius 2 is 2.29 bits per heavy atom. The van der Waals surface area contributed by atoms with Gasteiger partial charge in [-0.1, -0.05) is 13.0 Å². The van der Waals surface area contributed by atoms with Crippen LogP contribution in [-0.2, 0) is 23.8 Å². The Morgan fingerprint density at radius 3 is 2.90 bits per heavy atom. The second-order valence-electron chi connectivity index (χ2n) is 5.00. The minimum absolute atomic E-state index is 0.130. The van der Waals surface area contributed by atoms with Crippen LogP contribution in [0.3, 0.4) is 0 Å². The molecule has 0 amide bonds. The number of imidazole rings is 1. The number of nitrogens with zero attached hydrogens (tertiary/aromatic N) is 3. The third-order valence-corrected chi connectivity index (χ3v) is 5.18. The lowest BCUT2D eigenvalue weighted by Gasteiger charge is -2.12. The van der Waals surface area contributed by atoms with Crippen molar-refractivity contribution in [1.29, 1.82) is 5.26 Å². The van der Waals surface area contributed by atoms with E-state index < -0.39 is 10.8 Å². The van der Waals surface area contributed by atoms with Crippen molar-refractivity contribution < 1.29 is 4.21 Å². The van der Waals surface area contributed by atoms with Crippen molar-refractivity contribution in [3.63, 3.8) is 0 Å². The SMILES string of the molecule is CC(CCn1c(CCCl)nc2c(C#N)cccc21)S(C)=O. The summed E-state index contributed by atoms with van der Waals surface area (Å²) in [6.07, 6.45) is 3.19. The van der Waals surface area contributed by atoms with Gasteiger partial charge in [0.05, 0.1) is 11.1 Å². The maximum atomic E-state index is 11.5. The Morgan fingerprint density at radius 1 is 1.52 bits per heavy atom. The first-order valence-corrected chi connectivity index (χ1v) is 9.00. The Hall–Kier alpha value is -1.38. The maximum Gasteiger partial charge on any atom is 0.111 e. The number of para-hydroxylation sites is 1. The van der Waals surface area contributed by atoms with E-state index in [1.54, 1.807) is 12.3 Å². The van der Waals surface area contributed by atoms with Gasteiger partial charge in [0.1, 0.15) is 17.4 Å². The summed E-state index contributed by atoms with van der Waals surface area (Å²) < 4.78 is 13.6. The summed E-state index contributed by atoms with van der Waals surface area (Å²) in [5.74, 6) is 1.37. The minimum Gasteiger partial charge on any atom is -0.328 e. The molecule has 1 aromatic heterocycles. The van der Waals surface area contributed by atoms with Crippen molar-refractivity contribution in [2.45, 2.75) is 31.6 Å². The highest BCUT2D eigenvalue weighted by atomic mass is 35.5. The van der Waals surface area contributed by atoms with Gasteiger partial charge in [-0.25, -0.2) is 4.98 Å². The molecule has 1 aromatic carbocycles. The van der Waals surface area contributed by atoms with Gasteiger partial charge in [-0.15, -0.1) is 11.6 Å². The van der Waals surface area contributed by atoms with Gasteiger partial charge in [0, 0.05) is 41.2 Å². The average molecular weight is 324 g/mol. The van der Waals surface area contributed by atoms with Crippen LogP contribution in [0.2, 0.25) is 0 Å². The second-order valence-corrected chi connectivity index (χ2v) is 7.18. The van der Waals surface area contributed by atoms with E-state index in [-0.39, 0.29) is 5.25 Å². The predicted molar refractivity (Wildman–Crippen MR) is 87.0 cm³/mol. The molecule has 2 rings (SSSR count). The number of aromatic nitrogens is 2. The molecule has 2 unspecified atom stereocenters. The summed E-state index contributed by atoms with van der Waals surface area (Å²) in [5, 5.41) is 9.32. The fourth-order valence-electron chi connectivity index (χ4n) is 2.29. The normalized spacial score (nSPS) is 14.0. The number of benzene rings is 1. The zero-order chi connectivity index (χ0) is 15.4. The molecule has 112 valence electrons. The van der Waals surface area contributed by atoms with Gasteiger partial charge in [0.15, 0.2) is 0 Å². The molecule has 21 heavy (non-hydrogen) atoms. The molecular formula is C15H18ClN3OS. The van der Waals surface area contributed by atoms with Gasteiger partial charge in [0.25, 0.3) is 0 Å². The number of halogens is 1. The molecule has 2 aromatic rings. The van der Waals surface area contributed by atoms with Crippen molar-refractivity contribution in [3.05, 3.63) is 29.6 Å². The van der Waals surface area contributed by atoms with E-state index in [2.05, 4.69) is 15.6 Å². The van der Waals surface area contributed by atoms with Crippen LogP contribution < -0.4 is 0 Å². The third-order valence-electron chi connectivity index (χ3n) is 3.62. The van der Waals surface area contributed by atoms with E-state index in [0.717, 1.165) is 29.8 Å². The van der Waals surface area contributed by atoms with E-state index in [9.17, 15) is 9.47 Å². The molecule has 0 saturated heterocycles. The van der Waals surface area contributed by atoms with Crippen molar-refractivity contribution in [1.82, 2.24) is 9.55 Å². The van der Waals surface area contributed by atoms with E-state index in [1.165, 1.54) is 0 Å². The van der Waals surface area contributed by atoms with Crippen molar-refractivity contribution in [2.75, 3.05) is 12.1 Å². The summed E-state index contributed by atoms with van der Waals surface area (Å²) in [6.45, 7) is 2.72. The van der Waals surface area contributed by atoms with Gasteiger partial charge >= 0.3 is 0 Å². The van der Waals surface area contributed by atoms with Gasteiger partial charge in [-0.2, -0.15) is 5.26 Å². The lowest BCUT2D eigenvalue weighted by atomic mass is 10.2. The molecule has 0 spiro atoms. The number of aryl methyl sites for hydroxylation is 2. The highest BCUT2D eigenvalue weighted by molar-refractivity contribution is 7.84. The van der Waals surface area contributed by atoms with E-state index in [1.807, 2.05) is 19.1 Å². The number of hydrogen-bond donors (Lipinski definition) is 0. The molecule has 0 fully saturated rings. The first-order valence-electron chi connectivity index (χ1n) is 6.85. The van der Waals surface area contributed by atoms with Crippen molar-refractivity contribution in [3.8, 4) is 6.07 Å². The summed E-state index contributed by atoms with van der Waals surface area (Å²) in [7, 11) is -0.834. The lowest BCUT2D eigenvalue weighted by Crippen LogP contribution is -2.14. The molecule has 2 atom stereocenters. The van der Waals surface area contributed by atoms with Crippen molar-refractivity contribution >= 4 is 33.4 Å². The van der Waals surface area contributed by atoms with Crippen LogP contribution in [0.1, 0.15) is 24.7 Å². The largest absolute Gasteiger partial charge is 0.328 e. The third kappa shape index (κ3) is 3.45. The standard InChI is InChI=1S/C15H18ClN3OS/c1-11(21(2)20)7-9-19-13-5-3-4-12(10-17)15(13)18-14(19)6-8-16/h3-5,11H,6-9H2,1-2H3. The quantitative estimate of drug-likeness (QED) is 0.768. The van der Waals surface area contributed by atoms with Crippen LogP contribution in [0, 0.1) is 11.3 Å². The molecule has 0 bridgehead atoms. The first kappa shape index (κ1) is 16.0.